The van der Waals surface area contributed by atoms with Crippen LogP contribution in [-0.2, 0) is 0 Å². The average Bonchev–Trinajstić information content (AvgIpc) is 2.44. The maximum absolute atomic E-state index is 5.75. The van der Waals surface area contributed by atoms with Crippen LogP contribution in [0.15, 0.2) is 30.5 Å². The Kier molecular flexibility index (Phi) is 4.37. The molecule has 0 saturated heterocycles. The molecule has 2 aromatic rings. The van der Waals surface area contributed by atoms with E-state index in [4.69, 9.17) is 10.6 Å². The first-order chi connectivity index (χ1) is 9.58. The van der Waals surface area contributed by atoms with E-state index in [9.17, 15) is 0 Å². The standard InChI is InChI=1S/C16H21N3O/c1-10-7-8-18-14(9-10)15(19-17)13-6-5-11(2)12(3)16(13)20-4/h5-9,15,19H,17H2,1-4H3. The van der Waals surface area contributed by atoms with E-state index < -0.39 is 0 Å². The molecule has 1 aromatic heterocycles. The lowest BCUT2D eigenvalue weighted by Crippen LogP contribution is -2.30. The van der Waals surface area contributed by atoms with Crippen LogP contribution < -0.4 is 16.0 Å². The number of hydrazine groups is 1. The Balaban J connectivity index is 2.55. The van der Waals surface area contributed by atoms with Crippen LogP contribution in [0.3, 0.4) is 0 Å². The summed E-state index contributed by atoms with van der Waals surface area (Å²) < 4.78 is 5.57. The van der Waals surface area contributed by atoms with E-state index in [0.29, 0.717) is 0 Å². The second-order valence-electron chi connectivity index (χ2n) is 4.99. The summed E-state index contributed by atoms with van der Waals surface area (Å²) in [5, 5.41) is 0. The van der Waals surface area contributed by atoms with E-state index in [1.165, 1.54) is 5.56 Å². The number of nitrogens with two attached hydrogens (primary N) is 1. The zero-order chi connectivity index (χ0) is 14.7. The van der Waals surface area contributed by atoms with Crippen LogP contribution in [-0.4, -0.2) is 12.1 Å². The molecule has 1 heterocycles. The molecule has 0 bridgehead atoms. The predicted octanol–water partition coefficient (Wildman–Crippen LogP) is 2.57. The Morgan fingerprint density at radius 1 is 1.20 bits per heavy atom. The summed E-state index contributed by atoms with van der Waals surface area (Å²) in [6.07, 6.45) is 1.79. The molecule has 0 aliphatic carbocycles. The molecule has 3 N–H and O–H groups in total. The van der Waals surface area contributed by atoms with Gasteiger partial charge in [0.2, 0.25) is 0 Å². The van der Waals surface area contributed by atoms with Crippen LogP contribution in [0.5, 0.6) is 5.75 Å². The van der Waals surface area contributed by atoms with Crippen molar-refractivity contribution in [3.8, 4) is 5.75 Å². The van der Waals surface area contributed by atoms with Crippen LogP contribution in [0.2, 0.25) is 0 Å². The molecule has 1 atom stereocenters. The number of nitrogens with zero attached hydrogens (tertiary/aromatic N) is 1. The maximum Gasteiger partial charge on any atom is 0.127 e. The second-order valence-corrected chi connectivity index (χ2v) is 4.99. The molecule has 4 heteroatoms. The number of nitrogens with one attached hydrogen (secondary N) is 1. The summed E-state index contributed by atoms with van der Waals surface area (Å²) in [7, 11) is 1.68. The highest BCUT2D eigenvalue weighted by molar-refractivity contribution is 5.48. The van der Waals surface area contributed by atoms with Gasteiger partial charge in [0.15, 0.2) is 0 Å². The average molecular weight is 271 g/mol. The molecule has 0 aliphatic heterocycles. The van der Waals surface area contributed by atoms with E-state index in [2.05, 4.69) is 30.3 Å². The number of aryl methyl sites for hydroxylation is 2. The molecule has 2 rings (SSSR count). The summed E-state index contributed by atoms with van der Waals surface area (Å²) in [5.74, 6) is 6.61. The van der Waals surface area contributed by atoms with Gasteiger partial charge in [0.25, 0.3) is 0 Å². The number of aromatic nitrogens is 1. The summed E-state index contributed by atoms with van der Waals surface area (Å²) in [6, 6.07) is 7.92. The monoisotopic (exact) mass is 271 g/mol. The molecule has 0 amide bonds. The molecule has 0 aliphatic rings. The molecule has 4 nitrogen and oxygen atoms in total. The minimum absolute atomic E-state index is 0.191. The summed E-state index contributed by atoms with van der Waals surface area (Å²) in [4.78, 5) is 4.42. The van der Waals surface area contributed by atoms with Crippen molar-refractivity contribution in [1.29, 1.82) is 0 Å². The van der Waals surface area contributed by atoms with Crippen molar-refractivity contribution in [1.82, 2.24) is 10.4 Å². The first-order valence-electron chi connectivity index (χ1n) is 6.61. The highest BCUT2D eigenvalue weighted by Gasteiger charge is 2.20. The van der Waals surface area contributed by atoms with Gasteiger partial charge < -0.3 is 4.74 Å². The minimum atomic E-state index is -0.191. The van der Waals surface area contributed by atoms with Crippen molar-refractivity contribution < 1.29 is 4.74 Å². The first-order valence-corrected chi connectivity index (χ1v) is 6.61. The van der Waals surface area contributed by atoms with Gasteiger partial charge in [-0.25, -0.2) is 5.43 Å². The van der Waals surface area contributed by atoms with Crippen molar-refractivity contribution >= 4 is 0 Å². The van der Waals surface area contributed by atoms with Crippen LogP contribution in [0.25, 0.3) is 0 Å². The van der Waals surface area contributed by atoms with Crippen molar-refractivity contribution in [2.75, 3.05) is 7.11 Å². The molecular formula is C16H21N3O. The lowest BCUT2D eigenvalue weighted by Gasteiger charge is -2.21. The number of hydrogen-bond acceptors (Lipinski definition) is 4. The van der Waals surface area contributed by atoms with Gasteiger partial charge >= 0.3 is 0 Å². The molecule has 1 aromatic carbocycles. The summed E-state index contributed by atoms with van der Waals surface area (Å²) in [6.45, 7) is 6.16. The third kappa shape index (κ3) is 2.66. The van der Waals surface area contributed by atoms with Crippen molar-refractivity contribution in [3.63, 3.8) is 0 Å². The fourth-order valence-electron chi connectivity index (χ4n) is 2.36. The van der Waals surface area contributed by atoms with E-state index in [-0.39, 0.29) is 6.04 Å². The zero-order valence-corrected chi connectivity index (χ0v) is 12.4. The molecule has 20 heavy (non-hydrogen) atoms. The van der Waals surface area contributed by atoms with Gasteiger partial charge in [0.1, 0.15) is 5.75 Å². The van der Waals surface area contributed by atoms with E-state index in [0.717, 1.165) is 28.1 Å². The Morgan fingerprint density at radius 2 is 1.95 bits per heavy atom. The number of ether oxygens (including phenoxy) is 1. The first kappa shape index (κ1) is 14.5. The number of methoxy groups -OCH3 is 1. The fraction of sp³-hybridized carbons (Fsp3) is 0.312. The predicted molar refractivity (Wildman–Crippen MR) is 80.6 cm³/mol. The van der Waals surface area contributed by atoms with Crippen LogP contribution in [0.1, 0.15) is 34.0 Å². The second kappa shape index (κ2) is 6.03. The van der Waals surface area contributed by atoms with Gasteiger partial charge in [0, 0.05) is 11.8 Å². The largest absolute Gasteiger partial charge is 0.496 e. The van der Waals surface area contributed by atoms with Crippen LogP contribution >= 0.6 is 0 Å². The Labute approximate surface area is 120 Å². The van der Waals surface area contributed by atoms with Gasteiger partial charge in [-0.3, -0.25) is 10.8 Å². The van der Waals surface area contributed by atoms with Crippen molar-refractivity contribution in [3.05, 3.63) is 58.4 Å². The Hall–Kier alpha value is -1.91. The smallest absolute Gasteiger partial charge is 0.127 e. The van der Waals surface area contributed by atoms with Gasteiger partial charge in [-0.1, -0.05) is 12.1 Å². The third-order valence-corrected chi connectivity index (χ3v) is 3.62. The zero-order valence-electron chi connectivity index (χ0n) is 12.4. The third-order valence-electron chi connectivity index (χ3n) is 3.62. The summed E-state index contributed by atoms with van der Waals surface area (Å²) in [5.41, 5.74) is 8.19. The highest BCUT2D eigenvalue weighted by atomic mass is 16.5. The SMILES string of the molecule is COc1c(C(NN)c2cc(C)ccn2)ccc(C)c1C. The van der Waals surface area contributed by atoms with E-state index >= 15 is 0 Å². The Morgan fingerprint density at radius 3 is 2.55 bits per heavy atom. The quantitative estimate of drug-likeness (QED) is 0.663. The minimum Gasteiger partial charge on any atom is -0.496 e. The van der Waals surface area contributed by atoms with Crippen molar-refractivity contribution in [2.45, 2.75) is 26.8 Å². The number of rotatable bonds is 4. The van der Waals surface area contributed by atoms with Crippen LogP contribution in [0.4, 0.5) is 0 Å². The molecule has 0 spiro atoms. The topological polar surface area (TPSA) is 60.2 Å². The lowest BCUT2D eigenvalue weighted by atomic mass is 9.96. The lowest BCUT2D eigenvalue weighted by molar-refractivity contribution is 0.400. The van der Waals surface area contributed by atoms with E-state index in [1.807, 2.05) is 25.1 Å². The van der Waals surface area contributed by atoms with Crippen molar-refractivity contribution in [2.24, 2.45) is 5.84 Å². The van der Waals surface area contributed by atoms with Gasteiger partial charge in [-0.2, -0.15) is 0 Å². The van der Waals surface area contributed by atoms with Gasteiger partial charge in [0.05, 0.1) is 18.8 Å². The number of hydrogen-bond donors (Lipinski definition) is 2. The van der Waals surface area contributed by atoms with Crippen LogP contribution in [0, 0.1) is 20.8 Å². The molecule has 0 saturated carbocycles. The number of benzene rings is 1. The van der Waals surface area contributed by atoms with Gasteiger partial charge in [-0.15, -0.1) is 0 Å². The fourth-order valence-corrected chi connectivity index (χ4v) is 2.36. The van der Waals surface area contributed by atoms with Gasteiger partial charge in [-0.05, 0) is 49.6 Å². The highest BCUT2D eigenvalue weighted by Crippen LogP contribution is 2.33. The number of pyridine rings is 1. The summed E-state index contributed by atoms with van der Waals surface area (Å²) >= 11 is 0. The molecule has 0 fully saturated rings. The molecule has 1 unspecified atom stereocenters. The molecular weight excluding hydrogens is 250 g/mol. The van der Waals surface area contributed by atoms with E-state index in [1.54, 1.807) is 13.3 Å². The normalized spacial score (nSPS) is 12.2. The molecule has 0 radical (unpaired) electrons. The Bertz CT molecular complexity index is 611. The molecule has 106 valence electrons. The maximum atomic E-state index is 5.75.